The zero-order valence-corrected chi connectivity index (χ0v) is 18.7. The molecule has 3 aromatic rings. The van der Waals surface area contributed by atoms with E-state index < -0.39 is 25.4 Å². The van der Waals surface area contributed by atoms with Gasteiger partial charge in [-0.3, -0.25) is 24.6 Å². The monoisotopic (exact) mass is 453 g/mol. The summed E-state index contributed by atoms with van der Waals surface area (Å²) in [5.41, 5.74) is 3.06. The van der Waals surface area contributed by atoms with Gasteiger partial charge >= 0.3 is 0 Å². The van der Waals surface area contributed by atoms with Gasteiger partial charge in [-0.15, -0.1) is 0 Å². The Morgan fingerprint density at radius 1 is 0.818 bits per heavy atom. The average Bonchev–Trinajstić information content (AvgIpc) is 2.86. The quantitative estimate of drug-likeness (QED) is 0.314. The largest absolute Gasteiger partial charge is 0.394 e. The number of aryl methyl sites for hydroxylation is 1. The van der Waals surface area contributed by atoms with E-state index in [4.69, 9.17) is 15.3 Å². The molecule has 1 amide bonds. The number of nitrogens with zero attached hydrogens (tertiary/aromatic N) is 4. The summed E-state index contributed by atoms with van der Waals surface area (Å²) < 4.78 is 0. The molecular formula is C24H31N5O4. The minimum Gasteiger partial charge on any atom is -0.394 e. The third kappa shape index (κ3) is 9.03. The minimum atomic E-state index is -1.28. The van der Waals surface area contributed by atoms with E-state index in [1.165, 1.54) is 5.56 Å². The second kappa shape index (κ2) is 14.0. The molecule has 4 N–H and O–H groups in total. The van der Waals surface area contributed by atoms with Crippen LogP contribution in [0.5, 0.6) is 0 Å². The first-order chi connectivity index (χ1) is 16.0. The number of rotatable bonds is 11. The predicted octanol–water partition coefficient (Wildman–Crippen LogP) is 0.831. The maximum atomic E-state index is 9.85. The van der Waals surface area contributed by atoms with E-state index in [1.54, 1.807) is 0 Å². The summed E-state index contributed by atoms with van der Waals surface area (Å²) >= 11 is 0. The van der Waals surface area contributed by atoms with Gasteiger partial charge in [-0.05, 0) is 42.8 Å². The highest BCUT2D eigenvalue weighted by atomic mass is 16.3. The number of hydrogen-bond donors (Lipinski definition) is 4. The highest BCUT2D eigenvalue weighted by Crippen LogP contribution is 2.11. The Morgan fingerprint density at radius 3 is 1.67 bits per heavy atom. The summed E-state index contributed by atoms with van der Waals surface area (Å²) in [7, 11) is 0. The van der Waals surface area contributed by atoms with E-state index in [2.05, 4.69) is 44.2 Å². The van der Waals surface area contributed by atoms with Crippen LogP contribution in [-0.4, -0.2) is 66.9 Å². The molecule has 0 unspecified atom stereocenters. The topological polar surface area (TPSA) is 132 Å². The van der Waals surface area contributed by atoms with Crippen LogP contribution < -0.4 is 5.32 Å². The van der Waals surface area contributed by atoms with Gasteiger partial charge in [-0.1, -0.05) is 18.2 Å². The number of carbonyl (C=O) groups excluding carboxylic acids is 1. The number of aromatic nitrogens is 3. The molecule has 0 atom stereocenters. The smallest absolute Gasteiger partial charge is 0.207 e. The summed E-state index contributed by atoms with van der Waals surface area (Å²) in [6, 6.07) is 16.2. The molecule has 0 saturated heterocycles. The van der Waals surface area contributed by atoms with Gasteiger partial charge in [0, 0.05) is 38.2 Å². The van der Waals surface area contributed by atoms with Crippen molar-refractivity contribution in [1.29, 1.82) is 0 Å². The molecular weight excluding hydrogens is 422 g/mol. The van der Waals surface area contributed by atoms with E-state index in [-0.39, 0.29) is 0 Å². The second-order valence-corrected chi connectivity index (χ2v) is 7.63. The number of amides is 1. The van der Waals surface area contributed by atoms with Gasteiger partial charge < -0.3 is 20.6 Å². The standard InChI is InChI=1S/C19H20N4.C5H11NO4/c1-16-8-9-19(22-12-16)15-23(13-17-6-2-4-10-20-17)14-18-7-3-5-11-21-18;7-1-5(2-8,3-9)6-4-10/h2-12H,13-15H2,1H3;4,7-9H,1-3H2,(H,6,10). The normalized spacial score (nSPS) is 10.9. The van der Waals surface area contributed by atoms with Crippen molar-refractivity contribution in [2.45, 2.75) is 32.1 Å². The van der Waals surface area contributed by atoms with E-state index in [0.29, 0.717) is 6.41 Å². The van der Waals surface area contributed by atoms with Crippen LogP contribution in [-0.2, 0) is 24.4 Å². The first-order valence-electron chi connectivity index (χ1n) is 10.5. The third-order valence-electron chi connectivity index (χ3n) is 4.85. The summed E-state index contributed by atoms with van der Waals surface area (Å²) in [5, 5.41) is 27.8. The van der Waals surface area contributed by atoms with Gasteiger partial charge in [0.25, 0.3) is 0 Å². The van der Waals surface area contributed by atoms with E-state index >= 15 is 0 Å². The third-order valence-corrected chi connectivity index (χ3v) is 4.85. The lowest BCUT2D eigenvalue weighted by atomic mass is 10.0. The Bertz CT molecular complexity index is 873. The van der Waals surface area contributed by atoms with E-state index in [0.717, 1.165) is 36.7 Å². The molecule has 0 saturated carbocycles. The van der Waals surface area contributed by atoms with Crippen LogP contribution in [0.25, 0.3) is 0 Å². The summed E-state index contributed by atoms with van der Waals surface area (Å²) in [6.07, 6.45) is 5.90. The maximum Gasteiger partial charge on any atom is 0.207 e. The van der Waals surface area contributed by atoms with Crippen LogP contribution in [0.4, 0.5) is 0 Å². The van der Waals surface area contributed by atoms with Gasteiger partial charge in [0.15, 0.2) is 0 Å². The Balaban J connectivity index is 0.000000328. The molecule has 0 aliphatic carbocycles. The lowest BCUT2D eigenvalue weighted by Gasteiger charge is -2.25. The van der Waals surface area contributed by atoms with Crippen molar-refractivity contribution in [1.82, 2.24) is 25.2 Å². The minimum absolute atomic E-state index is 0.322. The molecule has 9 nitrogen and oxygen atoms in total. The number of nitrogens with one attached hydrogen (secondary N) is 1. The molecule has 0 fully saturated rings. The van der Waals surface area contributed by atoms with Crippen molar-refractivity contribution in [3.8, 4) is 0 Å². The molecule has 3 aromatic heterocycles. The summed E-state index contributed by atoms with van der Waals surface area (Å²) in [4.78, 5) is 25.5. The van der Waals surface area contributed by atoms with E-state index in [1.807, 2.05) is 55.0 Å². The summed E-state index contributed by atoms with van der Waals surface area (Å²) in [5.74, 6) is 0. The zero-order chi connectivity index (χ0) is 23.9. The first-order valence-corrected chi connectivity index (χ1v) is 10.5. The lowest BCUT2D eigenvalue weighted by molar-refractivity contribution is -0.113. The van der Waals surface area contributed by atoms with Crippen molar-refractivity contribution < 1.29 is 20.1 Å². The molecule has 0 aliphatic heterocycles. The van der Waals surface area contributed by atoms with Gasteiger partial charge in [-0.25, -0.2) is 0 Å². The first kappa shape index (κ1) is 26.0. The number of aliphatic hydroxyl groups excluding tert-OH is 3. The summed E-state index contributed by atoms with van der Waals surface area (Å²) in [6.45, 7) is 2.90. The van der Waals surface area contributed by atoms with Crippen molar-refractivity contribution >= 4 is 6.41 Å². The molecule has 176 valence electrons. The Labute approximate surface area is 193 Å². The molecule has 0 radical (unpaired) electrons. The van der Waals surface area contributed by atoms with Gasteiger partial charge in [0.1, 0.15) is 5.54 Å². The molecule has 33 heavy (non-hydrogen) atoms. The molecule has 0 aliphatic rings. The van der Waals surface area contributed by atoms with Crippen molar-refractivity contribution in [3.63, 3.8) is 0 Å². The Morgan fingerprint density at radius 2 is 1.33 bits per heavy atom. The number of carbonyl (C=O) groups is 1. The highest BCUT2D eigenvalue weighted by molar-refractivity contribution is 5.48. The second-order valence-electron chi connectivity index (χ2n) is 7.63. The van der Waals surface area contributed by atoms with Crippen LogP contribution >= 0.6 is 0 Å². The maximum absolute atomic E-state index is 9.85. The average molecular weight is 454 g/mol. The van der Waals surface area contributed by atoms with Crippen LogP contribution in [0.3, 0.4) is 0 Å². The van der Waals surface area contributed by atoms with Gasteiger partial charge in [-0.2, -0.15) is 0 Å². The van der Waals surface area contributed by atoms with Crippen LogP contribution in [0.1, 0.15) is 22.6 Å². The molecule has 0 bridgehead atoms. The van der Waals surface area contributed by atoms with Gasteiger partial charge in [0.05, 0.1) is 36.9 Å². The Hall–Kier alpha value is -3.24. The number of hydrogen-bond acceptors (Lipinski definition) is 8. The fraction of sp³-hybridized carbons (Fsp3) is 0.333. The van der Waals surface area contributed by atoms with Crippen molar-refractivity contribution in [2.24, 2.45) is 0 Å². The fourth-order valence-corrected chi connectivity index (χ4v) is 2.84. The van der Waals surface area contributed by atoms with Gasteiger partial charge in [0.2, 0.25) is 6.41 Å². The number of aliphatic hydroxyl groups is 3. The van der Waals surface area contributed by atoms with Crippen LogP contribution in [0, 0.1) is 6.92 Å². The molecule has 0 spiro atoms. The molecule has 3 heterocycles. The van der Waals surface area contributed by atoms with Crippen molar-refractivity contribution in [2.75, 3.05) is 19.8 Å². The van der Waals surface area contributed by atoms with Crippen LogP contribution in [0.2, 0.25) is 0 Å². The SMILES string of the molecule is Cc1ccc(CN(Cc2ccccn2)Cc2ccccn2)nc1.O=CNC(CO)(CO)CO. The molecule has 3 rings (SSSR count). The zero-order valence-electron chi connectivity index (χ0n) is 18.7. The molecule has 0 aromatic carbocycles. The number of pyridine rings is 3. The lowest BCUT2D eigenvalue weighted by Crippen LogP contribution is -2.54. The fourth-order valence-electron chi connectivity index (χ4n) is 2.84. The highest BCUT2D eigenvalue weighted by Gasteiger charge is 2.26. The predicted molar refractivity (Wildman–Crippen MR) is 124 cm³/mol. The van der Waals surface area contributed by atoms with Crippen LogP contribution in [0.15, 0.2) is 67.1 Å². The Kier molecular flexibility index (Phi) is 11.1. The van der Waals surface area contributed by atoms with E-state index in [9.17, 15) is 4.79 Å². The van der Waals surface area contributed by atoms with Crippen molar-refractivity contribution in [3.05, 3.63) is 89.8 Å². The molecule has 9 heteroatoms.